The fourth-order valence-corrected chi connectivity index (χ4v) is 3.53. The third-order valence-corrected chi connectivity index (χ3v) is 4.77. The molecule has 1 saturated heterocycles. The lowest BCUT2D eigenvalue weighted by Crippen LogP contribution is -2.41. The summed E-state index contributed by atoms with van der Waals surface area (Å²) in [6, 6.07) is 1.41. The number of nitrogens with zero attached hydrogens (tertiary/aromatic N) is 2. The van der Waals surface area contributed by atoms with Crippen molar-refractivity contribution in [2.45, 2.75) is 25.3 Å². The Balaban J connectivity index is 1.76. The first kappa shape index (κ1) is 15.5. The Bertz CT molecular complexity index is 683. The number of thiophene rings is 1. The second-order valence-corrected chi connectivity index (χ2v) is 6.18. The number of methoxy groups -OCH3 is 1. The molecule has 0 bridgehead atoms. The van der Waals surface area contributed by atoms with E-state index in [0.29, 0.717) is 17.1 Å². The molecule has 1 unspecified atom stereocenters. The van der Waals surface area contributed by atoms with Crippen LogP contribution in [-0.2, 0) is 4.74 Å². The van der Waals surface area contributed by atoms with E-state index in [-0.39, 0.29) is 12.1 Å². The maximum Gasteiger partial charge on any atom is 0.350 e. The molecule has 2 N–H and O–H groups in total. The number of amides is 2. The molecule has 8 heteroatoms. The number of hydrogen-bond acceptors (Lipinski definition) is 5. The molecule has 2 aromatic rings. The highest BCUT2D eigenvalue weighted by atomic mass is 32.1. The summed E-state index contributed by atoms with van der Waals surface area (Å²) >= 11 is 1.24. The molecule has 3 rings (SSSR count). The molecule has 122 valence electrons. The monoisotopic (exact) mass is 334 g/mol. The normalized spacial score (nSPS) is 17.8. The van der Waals surface area contributed by atoms with Gasteiger partial charge in [-0.2, -0.15) is 0 Å². The number of urea groups is 1. The van der Waals surface area contributed by atoms with Crippen molar-refractivity contribution in [3.63, 3.8) is 0 Å². The number of nitrogens with one attached hydrogen (secondary N) is 2. The van der Waals surface area contributed by atoms with E-state index in [2.05, 4.69) is 15.3 Å². The van der Waals surface area contributed by atoms with E-state index in [4.69, 9.17) is 4.74 Å². The third kappa shape index (κ3) is 3.21. The summed E-state index contributed by atoms with van der Waals surface area (Å²) < 4.78 is 4.73. The molecule has 3 heterocycles. The minimum atomic E-state index is -0.448. The molecule has 2 aromatic heterocycles. The van der Waals surface area contributed by atoms with Crippen LogP contribution in [-0.4, -0.2) is 40.5 Å². The van der Waals surface area contributed by atoms with Gasteiger partial charge < -0.3 is 19.9 Å². The van der Waals surface area contributed by atoms with Crippen molar-refractivity contribution in [2.75, 3.05) is 19.0 Å². The fraction of sp³-hybridized carbons (Fsp3) is 0.400. The number of anilines is 1. The van der Waals surface area contributed by atoms with E-state index in [9.17, 15) is 9.59 Å². The molecule has 7 nitrogen and oxygen atoms in total. The number of H-pyrrole nitrogens is 1. The maximum atomic E-state index is 12.7. The molecule has 0 aromatic carbocycles. The predicted octanol–water partition coefficient (Wildman–Crippen LogP) is 3.02. The summed E-state index contributed by atoms with van der Waals surface area (Å²) in [6.07, 6.45) is 6.33. The summed E-state index contributed by atoms with van der Waals surface area (Å²) in [4.78, 5) is 33.9. The van der Waals surface area contributed by atoms with Gasteiger partial charge in [0.25, 0.3) is 0 Å². The molecule has 1 atom stereocenters. The van der Waals surface area contributed by atoms with Crippen molar-refractivity contribution in [1.29, 1.82) is 0 Å². The minimum absolute atomic E-state index is 0.0704. The number of piperidine rings is 1. The van der Waals surface area contributed by atoms with Crippen molar-refractivity contribution < 1.29 is 14.3 Å². The van der Waals surface area contributed by atoms with Crippen LogP contribution in [0, 0.1) is 0 Å². The van der Waals surface area contributed by atoms with E-state index in [0.717, 1.165) is 25.1 Å². The summed E-state index contributed by atoms with van der Waals surface area (Å²) in [5.41, 5.74) is 0.482. The van der Waals surface area contributed by atoms with Crippen LogP contribution in [0.2, 0.25) is 0 Å². The number of imidazole rings is 1. The van der Waals surface area contributed by atoms with Gasteiger partial charge in [-0.05, 0) is 30.7 Å². The highest BCUT2D eigenvalue weighted by molar-refractivity contribution is 7.12. The van der Waals surface area contributed by atoms with E-state index < -0.39 is 5.97 Å². The number of likely N-dealkylation sites (tertiary alicyclic amines) is 1. The molecule has 0 radical (unpaired) electrons. The lowest BCUT2D eigenvalue weighted by atomic mass is 10.0. The third-order valence-electron chi connectivity index (χ3n) is 3.88. The van der Waals surface area contributed by atoms with Crippen molar-refractivity contribution in [3.8, 4) is 0 Å². The van der Waals surface area contributed by atoms with Crippen molar-refractivity contribution in [1.82, 2.24) is 14.9 Å². The van der Waals surface area contributed by atoms with Gasteiger partial charge in [-0.3, -0.25) is 0 Å². The van der Waals surface area contributed by atoms with Crippen LogP contribution in [0.4, 0.5) is 10.5 Å². The number of hydrogen-bond donors (Lipinski definition) is 2. The van der Waals surface area contributed by atoms with Gasteiger partial charge in [0.1, 0.15) is 10.7 Å². The Morgan fingerprint density at radius 2 is 2.35 bits per heavy atom. The van der Waals surface area contributed by atoms with Gasteiger partial charge in [-0.15, -0.1) is 11.3 Å². The van der Waals surface area contributed by atoms with Crippen LogP contribution in [0.3, 0.4) is 0 Å². The number of esters is 1. The molecule has 0 spiro atoms. The van der Waals surface area contributed by atoms with Crippen LogP contribution in [0.25, 0.3) is 0 Å². The molecular formula is C15H18N4O3S. The van der Waals surface area contributed by atoms with Gasteiger partial charge in [-0.25, -0.2) is 14.6 Å². The number of carbonyl (C=O) groups is 2. The smallest absolute Gasteiger partial charge is 0.350 e. The van der Waals surface area contributed by atoms with Gasteiger partial charge in [0, 0.05) is 18.9 Å². The molecule has 1 aliphatic heterocycles. The first-order valence-corrected chi connectivity index (χ1v) is 8.31. The Morgan fingerprint density at radius 3 is 3.09 bits per heavy atom. The van der Waals surface area contributed by atoms with E-state index >= 15 is 0 Å². The summed E-state index contributed by atoms with van der Waals surface area (Å²) in [6.45, 7) is 0.662. The van der Waals surface area contributed by atoms with E-state index in [1.54, 1.807) is 28.7 Å². The van der Waals surface area contributed by atoms with Gasteiger partial charge >= 0.3 is 12.0 Å². The topological polar surface area (TPSA) is 87.3 Å². The van der Waals surface area contributed by atoms with Gasteiger partial charge in [0.15, 0.2) is 0 Å². The largest absolute Gasteiger partial charge is 0.465 e. The number of ether oxygens (including phenoxy) is 1. The highest BCUT2D eigenvalue weighted by Crippen LogP contribution is 2.30. The van der Waals surface area contributed by atoms with Crippen molar-refractivity contribution in [2.24, 2.45) is 0 Å². The standard InChI is InChI=1S/C15H18N4O3S/c1-22-14(20)12-10(5-9-23-12)18-15(21)19-8-3-2-4-11(19)13-16-6-7-17-13/h5-7,9,11H,2-4,8H2,1H3,(H,16,17)(H,18,21). The molecule has 23 heavy (non-hydrogen) atoms. The number of carbonyl (C=O) groups excluding carboxylic acids is 2. The number of aromatic amines is 1. The molecular weight excluding hydrogens is 316 g/mol. The fourth-order valence-electron chi connectivity index (χ4n) is 2.76. The van der Waals surface area contributed by atoms with Crippen LogP contribution < -0.4 is 5.32 Å². The minimum Gasteiger partial charge on any atom is -0.465 e. The maximum absolute atomic E-state index is 12.7. The summed E-state index contributed by atoms with van der Waals surface area (Å²) in [5, 5.41) is 4.57. The molecule has 1 aliphatic rings. The summed E-state index contributed by atoms with van der Waals surface area (Å²) in [7, 11) is 1.32. The van der Waals surface area contributed by atoms with E-state index in [1.165, 1.54) is 18.4 Å². The molecule has 0 saturated carbocycles. The molecule has 1 fully saturated rings. The van der Waals surface area contributed by atoms with Gasteiger partial charge in [-0.1, -0.05) is 0 Å². The van der Waals surface area contributed by atoms with Crippen molar-refractivity contribution >= 4 is 29.0 Å². The van der Waals surface area contributed by atoms with E-state index in [1.807, 2.05) is 0 Å². The SMILES string of the molecule is COC(=O)c1sccc1NC(=O)N1CCCCC1c1ncc[nH]1. The second-order valence-electron chi connectivity index (χ2n) is 5.26. The Hall–Kier alpha value is -2.35. The lowest BCUT2D eigenvalue weighted by Gasteiger charge is -2.34. The Labute approximate surface area is 137 Å². The van der Waals surface area contributed by atoms with Crippen LogP contribution in [0.15, 0.2) is 23.8 Å². The number of aromatic nitrogens is 2. The van der Waals surface area contributed by atoms with Crippen LogP contribution in [0.1, 0.15) is 40.8 Å². The zero-order chi connectivity index (χ0) is 16.2. The average molecular weight is 334 g/mol. The Kier molecular flexibility index (Phi) is 4.61. The predicted molar refractivity (Wildman–Crippen MR) is 86.6 cm³/mol. The highest BCUT2D eigenvalue weighted by Gasteiger charge is 2.30. The average Bonchev–Trinajstić information content (AvgIpc) is 3.25. The lowest BCUT2D eigenvalue weighted by molar-refractivity contribution is 0.0607. The Morgan fingerprint density at radius 1 is 1.48 bits per heavy atom. The van der Waals surface area contributed by atoms with Crippen molar-refractivity contribution in [3.05, 3.63) is 34.5 Å². The first-order valence-electron chi connectivity index (χ1n) is 7.43. The van der Waals surface area contributed by atoms with Crippen LogP contribution >= 0.6 is 11.3 Å². The second kappa shape index (κ2) is 6.82. The molecule has 2 amide bonds. The first-order chi connectivity index (χ1) is 11.2. The van der Waals surface area contributed by atoms with Crippen LogP contribution in [0.5, 0.6) is 0 Å². The number of rotatable bonds is 3. The van der Waals surface area contributed by atoms with Gasteiger partial charge in [0.2, 0.25) is 0 Å². The quantitative estimate of drug-likeness (QED) is 0.845. The zero-order valence-corrected chi connectivity index (χ0v) is 13.6. The zero-order valence-electron chi connectivity index (χ0n) is 12.7. The van der Waals surface area contributed by atoms with Gasteiger partial charge in [0.05, 0.1) is 18.8 Å². The molecule has 0 aliphatic carbocycles. The summed E-state index contributed by atoms with van der Waals surface area (Å²) in [5.74, 6) is 0.342.